The molecule has 0 aliphatic rings. The van der Waals surface area contributed by atoms with Crippen molar-refractivity contribution >= 4 is 0 Å². The van der Waals surface area contributed by atoms with Gasteiger partial charge in [0, 0.05) is 19.5 Å². The Labute approximate surface area is 65.2 Å². The molecule has 1 nitrogen and oxygen atoms in total. The van der Waals surface area contributed by atoms with E-state index in [4.69, 9.17) is 0 Å². The Morgan fingerprint density at radius 2 is 1.62 bits per heavy atom. The molecule has 0 spiro atoms. The third-order valence-corrected chi connectivity index (χ3v) is 1.21. The van der Waals surface area contributed by atoms with Gasteiger partial charge in [-0.2, -0.15) is 0 Å². The summed E-state index contributed by atoms with van der Waals surface area (Å²) in [6.45, 7) is 11.2. The molecule has 0 aliphatic carbocycles. The molecule has 0 amide bonds. The quantitative estimate of drug-likeness (QED) is 0.568. The summed E-state index contributed by atoms with van der Waals surface area (Å²) in [6.07, 6.45) is 0. The van der Waals surface area contributed by atoms with Gasteiger partial charge in [0.2, 0.25) is 0 Å². The molecule has 1 radical (unpaired) electrons. The molecule has 0 fully saturated rings. The van der Waals surface area contributed by atoms with E-state index in [9.17, 15) is 0 Å². The zero-order valence-corrected chi connectivity index (χ0v) is 8.95. The van der Waals surface area contributed by atoms with E-state index in [1.807, 2.05) is 0 Å². The van der Waals surface area contributed by atoms with Crippen molar-refractivity contribution in [3.63, 3.8) is 0 Å². The summed E-state index contributed by atoms with van der Waals surface area (Å²) in [5.74, 6) is 0. The van der Waals surface area contributed by atoms with Gasteiger partial charge in [0.1, 0.15) is 0 Å². The Balaban J connectivity index is 0. The fraction of sp³-hybridized carbons (Fsp3) is 0.833. The van der Waals surface area contributed by atoms with Gasteiger partial charge >= 0.3 is 0 Å². The second kappa shape index (κ2) is 7.58. The molecule has 8 heavy (non-hydrogen) atoms. The van der Waals surface area contributed by atoms with E-state index < -0.39 is 0 Å². The van der Waals surface area contributed by atoms with Crippen molar-refractivity contribution in [2.75, 3.05) is 19.6 Å². The van der Waals surface area contributed by atoms with Gasteiger partial charge in [0.05, 0.1) is 0 Å². The standard InChI is InChI=1S/C6H14N.Zn/c1-4-7(5-2)6-3;/h1,4-6H2,2-3H3;. The molecule has 0 heterocycles. The summed E-state index contributed by atoms with van der Waals surface area (Å²) < 4.78 is 0. The third-order valence-electron chi connectivity index (χ3n) is 1.21. The van der Waals surface area contributed by atoms with Gasteiger partial charge in [-0.15, -0.1) is 0 Å². The minimum atomic E-state index is 0. The molecular weight excluding hydrogens is 151 g/mol. The molecule has 0 rings (SSSR count). The maximum Gasteiger partial charge on any atom is 0 e. The Hall–Kier alpha value is 0.583. The second-order valence-electron chi connectivity index (χ2n) is 1.53. The second-order valence-corrected chi connectivity index (χ2v) is 1.53. The van der Waals surface area contributed by atoms with Crippen molar-refractivity contribution in [2.45, 2.75) is 13.8 Å². The smallest absolute Gasteiger partial charge is 0 e. The predicted molar refractivity (Wildman–Crippen MR) is 33.1 cm³/mol. The molecule has 0 aliphatic heterocycles. The normalized spacial score (nSPS) is 9.00. The number of hydrogen-bond donors (Lipinski definition) is 0. The Kier molecular flexibility index (Phi) is 10.8. The Morgan fingerprint density at radius 1 is 1.25 bits per heavy atom. The van der Waals surface area contributed by atoms with Crippen molar-refractivity contribution in [2.24, 2.45) is 0 Å². The molecule has 45 valence electrons. The van der Waals surface area contributed by atoms with Gasteiger partial charge in [-0.05, 0) is 26.6 Å². The van der Waals surface area contributed by atoms with Crippen LogP contribution in [0.25, 0.3) is 0 Å². The van der Waals surface area contributed by atoms with Crippen LogP contribution in [0.5, 0.6) is 0 Å². The number of nitrogens with zero attached hydrogens (tertiary/aromatic N) is 1. The van der Waals surface area contributed by atoms with Crippen LogP contribution in [-0.2, 0) is 19.5 Å². The van der Waals surface area contributed by atoms with Crippen LogP contribution >= 0.6 is 0 Å². The van der Waals surface area contributed by atoms with Crippen LogP contribution in [-0.4, -0.2) is 24.5 Å². The zero-order chi connectivity index (χ0) is 5.70. The molecule has 0 saturated carbocycles. The van der Waals surface area contributed by atoms with E-state index in [0.717, 1.165) is 19.6 Å². The van der Waals surface area contributed by atoms with Crippen LogP contribution in [0.3, 0.4) is 0 Å². The predicted octanol–water partition coefficient (Wildman–Crippen LogP) is 1.16. The van der Waals surface area contributed by atoms with Crippen LogP contribution < -0.4 is 0 Å². The van der Waals surface area contributed by atoms with Crippen LogP contribution in [0.2, 0.25) is 0 Å². The van der Waals surface area contributed by atoms with Crippen molar-refractivity contribution in [3.05, 3.63) is 6.92 Å². The molecule has 0 aromatic heterocycles. The molecule has 0 atom stereocenters. The average molecular weight is 166 g/mol. The van der Waals surface area contributed by atoms with Crippen molar-refractivity contribution in [1.29, 1.82) is 0 Å². The number of hydrogen-bond acceptors (Lipinski definition) is 1. The largest absolute Gasteiger partial charge is 0.304 e. The van der Waals surface area contributed by atoms with Crippen LogP contribution in [0.15, 0.2) is 0 Å². The van der Waals surface area contributed by atoms with E-state index >= 15 is 0 Å². The topological polar surface area (TPSA) is 3.24 Å². The van der Waals surface area contributed by atoms with E-state index in [0.29, 0.717) is 0 Å². The molecule has 2 heteroatoms. The molecular formula is C6H14NZn. The first-order chi connectivity index (χ1) is 3.35. The van der Waals surface area contributed by atoms with Gasteiger partial charge < -0.3 is 4.90 Å². The van der Waals surface area contributed by atoms with Crippen molar-refractivity contribution in [1.82, 2.24) is 4.90 Å². The van der Waals surface area contributed by atoms with Gasteiger partial charge in [-0.3, -0.25) is 0 Å². The first kappa shape index (κ1) is 11.4. The van der Waals surface area contributed by atoms with E-state index in [1.54, 1.807) is 0 Å². The molecule has 0 saturated heterocycles. The molecule has 0 bridgehead atoms. The zero-order valence-electron chi connectivity index (χ0n) is 5.98. The van der Waals surface area contributed by atoms with Gasteiger partial charge in [0.25, 0.3) is 0 Å². The fourth-order valence-corrected chi connectivity index (χ4v) is 0.540. The average Bonchev–Trinajstić information content (AvgIpc) is 1.72. The first-order valence-corrected chi connectivity index (χ1v) is 2.86. The molecule has 0 aromatic carbocycles. The number of rotatable bonds is 3. The Bertz CT molecular complexity index is 30.0. The monoisotopic (exact) mass is 164 g/mol. The Morgan fingerprint density at radius 3 is 1.62 bits per heavy atom. The summed E-state index contributed by atoms with van der Waals surface area (Å²) in [4.78, 5) is 2.26. The van der Waals surface area contributed by atoms with E-state index in [1.165, 1.54) is 0 Å². The SMILES string of the molecule is [CH2]CN(CC)CC.[Zn]. The maximum atomic E-state index is 3.75. The minimum absolute atomic E-state index is 0. The summed E-state index contributed by atoms with van der Waals surface area (Å²) in [6, 6.07) is 0. The van der Waals surface area contributed by atoms with E-state index in [2.05, 4.69) is 25.7 Å². The fourth-order valence-electron chi connectivity index (χ4n) is 0.540. The maximum absolute atomic E-state index is 3.75. The summed E-state index contributed by atoms with van der Waals surface area (Å²) in [5.41, 5.74) is 0. The van der Waals surface area contributed by atoms with Crippen molar-refractivity contribution < 1.29 is 19.5 Å². The van der Waals surface area contributed by atoms with Gasteiger partial charge in [-0.1, -0.05) is 13.8 Å². The summed E-state index contributed by atoms with van der Waals surface area (Å²) in [5, 5.41) is 0. The first-order valence-electron chi connectivity index (χ1n) is 2.86. The summed E-state index contributed by atoms with van der Waals surface area (Å²) in [7, 11) is 0. The van der Waals surface area contributed by atoms with Crippen LogP contribution in [0.1, 0.15) is 13.8 Å². The van der Waals surface area contributed by atoms with Gasteiger partial charge in [-0.25, -0.2) is 0 Å². The summed E-state index contributed by atoms with van der Waals surface area (Å²) >= 11 is 0. The third kappa shape index (κ3) is 4.74. The van der Waals surface area contributed by atoms with Crippen molar-refractivity contribution in [3.8, 4) is 0 Å². The van der Waals surface area contributed by atoms with Crippen LogP contribution in [0.4, 0.5) is 0 Å². The van der Waals surface area contributed by atoms with Gasteiger partial charge in [0.15, 0.2) is 0 Å². The van der Waals surface area contributed by atoms with Crippen LogP contribution in [0, 0.1) is 6.92 Å². The molecule has 0 aromatic rings. The molecule has 0 N–H and O–H groups in total. The van der Waals surface area contributed by atoms with E-state index in [-0.39, 0.29) is 19.5 Å². The molecule has 0 unspecified atom stereocenters. The minimum Gasteiger partial charge on any atom is -0.304 e.